The molecule has 0 aliphatic heterocycles. The molecule has 0 amide bonds. The predicted octanol–water partition coefficient (Wildman–Crippen LogP) is 5.45. The number of hydrogen-bond acceptors (Lipinski definition) is 3. The Kier molecular flexibility index (Phi) is 5.59. The lowest BCUT2D eigenvalue weighted by atomic mass is 9.95. The second-order valence-corrected chi connectivity index (χ2v) is 8.24. The first-order chi connectivity index (χ1) is 12.9. The molecule has 0 fully saturated rings. The first-order valence-electron chi connectivity index (χ1n) is 9.90. The molecular formula is C22H27N3S. The van der Waals surface area contributed by atoms with E-state index in [9.17, 15) is 0 Å². The zero-order valence-electron chi connectivity index (χ0n) is 15.6. The third-order valence-electron chi connectivity index (χ3n) is 5.22. The predicted molar refractivity (Wildman–Crippen MR) is 110 cm³/mol. The van der Waals surface area contributed by atoms with Gasteiger partial charge in [-0.25, -0.2) is 4.98 Å². The normalized spacial score (nSPS) is 13.9. The summed E-state index contributed by atoms with van der Waals surface area (Å²) in [6.45, 7) is 3.27. The van der Waals surface area contributed by atoms with E-state index in [0.29, 0.717) is 0 Å². The van der Waals surface area contributed by atoms with E-state index in [1.54, 1.807) is 0 Å². The topological polar surface area (TPSA) is 30.7 Å². The van der Waals surface area contributed by atoms with Gasteiger partial charge in [-0.15, -0.1) is 11.8 Å². The summed E-state index contributed by atoms with van der Waals surface area (Å²) in [6, 6.07) is 10.7. The summed E-state index contributed by atoms with van der Waals surface area (Å²) in [5.41, 5.74) is 5.24. The summed E-state index contributed by atoms with van der Waals surface area (Å²) in [6.07, 6.45) is 10.3. The van der Waals surface area contributed by atoms with Crippen LogP contribution in [0.1, 0.15) is 49.7 Å². The number of pyridine rings is 1. The highest BCUT2D eigenvalue weighted by atomic mass is 32.2. The van der Waals surface area contributed by atoms with E-state index in [-0.39, 0.29) is 0 Å². The smallest absolute Gasteiger partial charge is 0.109 e. The second kappa shape index (κ2) is 8.26. The van der Waals surface area contributed by atoms with Crippen molar-refractivity contribution in [1.29, 1.82) is 0 Å². The van der Waals surface area contributed by atoms with Crippen LogP contribution in [0.25, 0.3) is 11.0 Å². The monoisotopic (exact) mass is 365 g/mol. The maximum atomic E-state index is 4.98. The SMILES string of the molecule is CCCCc1nc2cnc3c(c2n1CCSc1ccccc1)CCCC3. The number of thioether (sulfide) groups is 1. The highest BCUT2D eigenvalue weighted by Crippen LogP contribution is 2.29. The minimum Gasteiger partial charge on any atom is -0.327 e. The van der Waals surface area contributed by atoms with Crippen LogP contribution in [0, 0.1) is 0 Å². The van der Waals surface area contributed by atoms with Gasteiger partial charge in [0.15, 0.2) is 0 Å². The first kappa shape index (κ1) is 17.6. The van der Waals surface area contributed by atoms with Crippen molar-refractivity contribution in [3.8, 4) is 0 Å². The van der Waals surface area contributed by atoms with Gasteiger partial charge in [0.2, 0.25) is 0 Å². The lowest BCUT2D eigenvalue weighted by Crippen LogP contribution is -2.11. The van der Waals surface area contributed by atoms with Crippen LogP contribution in [0.15, 0.2) is 41.4 Å². The maximum absolute atomic E-state index is 4.98. The fourth-order valence-corrected chi connectivity index (χ4v) is 4.75. The molecule has 26 heavy (non-hydrogen) atoms. The number of benzene rings is 1. The first-order valence-corrected chi connectivity index (χ1v) is 10.9. The molecule has 1 aliphatic carbocycles. The van der Waals surface area contributed by atoms with Crippen LogP contribution in [0.2, 0.25) is 0 Å². The Bertz CT molecular complexity index is 870. The van der Waals surface area contributed by atoms with Crippen LogP contribution in [-0.4, -0.2) is 20.3 Å². The molecule has 2 aromatic heterocycles. The fraction of sp³-hybridized carbons (Fsp3) is 0.455. The number of imidazole rings is 1. The van der Waals surface area contributed by atoms with Crippen molar-refractivity contribution >= 4 is 22.8 Å². The zero-order valence-corrected chi connectivity index (χ0v) is 16.4. The van der Waals surface area contributed by atoms with Gasteiger partial charge in [0.05, 0.1) is 11.7 Å². The fourth-order valence-electron chi connectivity index (χ4n) is 3.89. The van der Waals surface area contributed by atoms with Crippen molar-refractivity contribution in [1.82, 2.24) is 14.5 Å². The lowest BCUT2D eigenvalue weighted by Gasteiger charge is -2.17. The number of fused-ring (bicyclic) bond motifs is 3. The van der Waals surface area contributed by atoms with Crippen molar-refractivity contribution in [3.05, 3.63) is 53.6 Å². The minimum atomic E-state index is 1.02. The number of unbranched alkanes of at least 4 members (excludes halogenated alkanes) is 1. The summed E-state index contributed by atoms with van der Waals surface area (Å²) in [4.78, 5) is 11.0. The van der Waals surface area contributed by atoms with Gasteiger partial charge in [0.1, 0.15) is 11.3 Å². The van der Waals surface area contributed by atoms with Crippen molar-refractivity contribution in [3.63, 3.8) is 0 Å². The summed E-state index contributed by atoms with van der Waals surface area (Å²) in [5.74, 6) is 2.32. The van der Waals surface area contributed by atoms with Crippen LogP contribution in [-0.2, 0) is 25.8 Å². The Morgan fingerprint density at radius 3 is 2.81 bits per heavy atom. The molecule has 0 radical (unpaired) electrons. The largest absolute Gasteiger partial charge is 0.327 e. The molecule has 1 aliphatic rings. The molecule has 0 saturated carbocycles. The van der Waals surface area contributed by atoms with E-state index in [0.717, 1.165) is 37.1 Å². The number of nitrogens with zero attached hydrogens (tertiary/aromatic N) is 3. The van der Waals surface area contributed by atoms with Gasteiger partial charge in [-0.1, -0.05) is 31.5 Å². The van der Waals surface area contributed by atoms with Gasteiger partial charge in [0, 0.05) is 29.3 Å². The molecule has 2 heterocycles. The van der Waals surface area contributed by atoms with Crippen LogP contribution in [0.5, 0.6) is 0 Å². The van der Waals surface area contributed by atoms with Gasteiger partial charge < -0.3 is 4.57 Å². The van der Waals surface area contributed by atoms with E-state index in [1.165, 1.54) is 53.2 Å². The second-order valence-electron chi connectivity index (χ2n) is 7.07. The van der Waals surface area contributed by atoms with Crippen LogP contribution >= 0.6 is 11.8 Å². The standard InChI is InChI=1S/C22H27N3S/c1-2-3-13-21-24-20-16-23-19-12-8-7-11-18(19)22(20)25(21)14-15-26-17-9-5-4-6-10-17/h4-6,9-10,16H,2-3,7-8,11-15H2,1H3. The molecule has 3 nitrogen and oxygen atoms in total. The van der Waals surface area contributed by atoms with Crippen molar-refractivity contribution in [2.75, 3.05) is 5.75 Å². The number of hydrogen-bond donors (Lipinski definition) is 0. The van der Waals surface area contributed by atoms with Crippen molar-refractivity contribution in [2.24, 2.45) is 0 Å². The van der Waals surface area contributed by atoms with Gasteiger partial charge in [0.25, 0.3) is 0 Å². The zero-order chi connectivity index (χ0) is 17.8. The molecule has 4 rings (SSSR count). The van der Waals surface area contributed by atoms with Crippen LogP contribution in [0.4, 0.5) is 0 Å². The maximum Gasteiger partial charge on any atom is 0.109 e. The van der Waals surface area contributed by atoms with Crippen LogP contribution in [0.3, 0.4) is 0 Å². The quantitative estimate of drug-likeness (QED) is 0.522. The summed E-state index contributed by atoms with van der Waals surface area (Å²) >= 11 is 1.93. The van der Waals surface area contributed by atoms with E-state index < -0.39 is 0 Å². The Balaban J connectivity index is 1.65. The third kappa shape index (κ3) is 3.66. The van der Waals surface area contributed by atoms with Crippen molar-refractivity contribution < 1.29 is 0 Å². The van der Waals surface area contributed by atoms with Gasteiger partial charge >= 0.3 is 0 Å². The van der Waals surface area contributed by atoms with E-state index in [4.69, 9.17) is 9.97 Å². The van der Waals surface area contributed by atoms with Gasteiger partial charge in [-0.2, -0.15) is 0 Å². The molecule has 0 unspecified atom stereocenters. The molecule has 0 bridgehead atoms. The van der Waals surface area contributed by atoms with Crippen LogP contribution < -0.4 is 0 Å². The number of rotatable bonds is 7. The molecule has 0 spiro atoms. The molecule has 0 saturated heterocycles. The van der Waals surface area contributed by atoms with Gasteiger partial charge in [-0.3, -0.25) is 4.98 Å². The molecule has 3 aromatic rings. The molecule has 0 N–H and O–H groups in total. The summed E-state index contributed by atoms with van der Waals surface area (Å²) < 4.78 is 2.51. The average molecular weight is 366 g/mol. The van der Waals surface area contributed by atoms with E-state index >= 15 is 0 Å². The number of aromatic nitrogens is 3. The summed E-state index contributed by atoms with van der Waals surface area (Å²) in [5, 5.41) is 0. The Morgan fingerprint density at radius 1 is 1.12 bits per heavy atom. The number of aryl methyl sites for hydroxylation is 4. The summed E-state index contributed by atoms with van der Waals surface area (Å²) in [7, 11) is 0. The van der Waals surface area contributed by atoms with Crippen molar-refractivity contribution in [2.45, 2.75) is 63.3 Å². The Morgan fingerprint density at radius 2 is 1.96 bits per heavy atom. The van der Waals surface area contributed by atoms with Gasteiger partial charge in [-0.05, 0) is 49.8 Å². The Hall–Kier alpha value is -1.81. The third-order valence-corrected chi connectivity index (χ3v) is 6.21. The molecule has 136 valence electrons. The lowest BCUT2D eigenvalue weighted by molar-refractivity contribution is 0.656. The highest BCUT2D eigenvalue weighted by molar-refractivity contribution is 7.99. The molecule has 4 heteroatoms. The molecular weight excluding hydrogens is 338 g/mol. The molecule has 0 atom stereocenters. The highest BCUT2D eigenvalue weighted by Gasteiger charge is 2.20. The van der Waals surface area contributed by atoms with E-state index in [2.05, 4.69) is 41.8 Å². The Labute approximate surface area is 160 Å². The minimum absolute atomic E-state index is 1.02. The molecule has 1 aromatic carbocycles. The van der Waals surface area contributed by atoms with E-state index in [1.807, 2.05) is 18.0 Å². The average Bonchev–Trinajstić information content (AvgIpc) is 3.05.